The van der Waals surface area contributed by atoms with E-state index in [-0.39, 0.29) is 5.92 Å². The van der Waals surface area contributed by atoms with E-state index in [0.717, 1.165) is 25.7 Å². The highest BCUT2D eigenvalue weighted by Crippen LogP contribution is 2.24. The molecule has 0 saturated carbocycles. The number of hydrogen-bond donors (Lipinski definition) is 1. The van der Waals surface area contributed by atoms with Crippen molar-refractivity contribution in [3.8, 4) is 0 Å². The average molecular weight is 154 g/mol. The van der Waals surface area contributed by atoms with Crippen LogP contribution in [0.4, 0.5) is 0 Å². The first-order valence-electron chi connectivity index (χ1n) is 4.14. The van der Waals surface area contributed by atoms with E-state index >= 15 is 0 Å². The predicted octanol–water partition coefficient (Wildman–Crippen LogP) is 2.21. The van der Waals surface area contributed by atoms with Crippen LogP contribution in [0.15, 0.2) is 11.6 Å². The van der Waals surface area contributed by atoms with Crippen LogP contribution in [0, 0.1) is 5.92 Å². The Kier molecular flexibility index (Phi) is 2.69. The normalized spacial score (nSPS) is 24.5. The topological polar surface area (TPSA) is 37.3 Å². The van der Waals surface area contributed by atoms with E-state index < -0.39 is 5.97 Å². The maximum absolute atomic E-state index is 10.5. The molecule has 1 aliphatic rings. The molecule has 0 amide bonds. The van der Waals surface area contributed by atoms with E-state index in [1.54, 1.807) is 0 Å². The summed E-state index contributed by atoms with van der Waals surface area (Å²) in [6.45, 7) is 2.12. The van der Waals surface area contributed by atoms with Crippen LogP contribution in [0.25, 0.3) is 0 Å². The highest BCUT2D eigenvalue weighted by molar-refractivity contribution is 5.70. The van der Waals surface area contributed by atoms with Gasteiger partial charge in [0.05, 0.1) is 5.92 Å². The van der Waals surface area contributed by atoms with Gasteiger partial charge in [-0.15, -0.1) is 0 Å². The maximum atomic E-state index is 10.5. The van der Waals surface area contributed by atoms with Crippen molar-refractivity contribution in [1.82, 2.24) is 0 Å². The van der Waals surface area contributed by atoms with Crippen molar-refractivity contribution in [2.75, 3.05) is 0 Å². The Morgan fingerprint density at radius 2 is 2.55 bits per heavy atom. The van der Waals surface area contributed by atoms with Crippen molar-refractivity contribution in [3.63, 3.8) is 0 Å². The lowest BCUT2D eigenvalue weighted by molar-refractivity contribution is -0.141. The van der Waals surface area contributed by atoms with Crippen molar-refractivity contribution < 1.29 is 9.90 Å². The quantitative estimate of drug-likeness (QED) is 0.619. The second-order valence-electron chi connectivity index (χ2n) is 3.03. The van der Waals surface area contributed by atoms with Crippen molar-refractivity contribution in [2.45, 2.75) is 32.6 Å². The van der Waals surface area contributed by atoms with Gasteiger partial charge in [-0.25, -0.2) is 0 Å². The first kappa shape index (κ1) is 8.31. The molecule has 0 aromatic heterocycles. The molecular formula is C9H14O2. The number of hydrogen-bond acceptors (Lipinski definition) is 1. The summed E-state index contributed by atoms with van der Waals surface area (Å²) in [6.07, 6.45) is 5.70. The van der Waals surface area contributed by atoms with Crippen molar-refractivity contribution in [2.24, 2.45) is 5.92 Å². The molecule has 2 heteroatoms. The number of carbonyl (C=O) groups is 1. The van der Waals surface area contributed by atoms with Crippen molar-refractivity contribution >= 4 is 5.97 Å². The number of carboxylic acids is 1. The summed E-state index contributed by atoms with van der Waals surface area (Å²) in [7, 11) is 0. The number of aliphatic carboxylic acids is 1. The van der Waals surface area contributed by atoms with Crippen LogP contribution in [0.2, 0.25) is 0 Å². The molecule has 0 aromatic carbocycles. The molecule has 1 N–H and O–H groups in total. The van der Waals surface area contributed by atoms with Crippen molar-refractivity contribution in [3.05, 3.63) is 11.6 Å². The van der Waals surface area contributed by atoms with Crippen LogP contribution in [-0.4, -0.2) is 11.1 Å². The molecule has 0 unspecified atom stereocenters. The Balaban J connectivity index is 2.47. The van der Waals surface area contributed by atoms with Gasteiger partial charge in [-0.1, -0.05) is 18.6 Å². The summed E-state index contributed by atoms with van der Waals surface area (Å²) in [5, 5.41) is 8.67. The summed E-state index contributed by atoms with van der Waals surface area (Å²) < 4.78 is 0. The first-order chi connectivity index (χ1) is 5.24. The van der Waals surface area contributed by atoms with Gasteiger partial charge in [-0.05, 0) is 25.7 Å². The molecule has 0 aromatic rings. The van der Waals surface area contributed by atoms with E-state index in [2.05, 4.69) is 13.0 Å². The van der Waals surface area contributed by atoms with Gasteiger partial charge in [0.1, 0.15) is 0 Å². The molecule has 62 valence electrons. The Morgan fingerprint density at radius 1 is 1.82 bits per heavy atom. The largest absolute Gasteiger partial charge is 0.481 e. The molecule has 0 aliphatic heterocycles. The maximum Gasteiger partial charge on any atom is 0.306 e. The van der Waals surface area contributed by atoms with E-state index in [4.69, 9.17) is 5.11 Å². The van der Waals surface area contributed by atoms with Crippen LogP contribution in [-0.2, 0) is 4.79 Å². The first-order valence-corrected chi connectivity index (χ1v) is 4.14. The molecule has 0 heterocycles. The predicted molar refractivity (Wildman–Crippen MR) is 43.4 cm³/mol. The Labute approximate surface area is 66.9 Å². The molecule has 0 saturated heterocycles. The molecule has 1 rings (SSSR count). The zero-order chi connectivity index (χ0) is 8.27. The molecule has 11 heavy (non-hydrogen) atoms. The SMILES string of the molecule is CCC1=CC[C@@H](C(=O)O)CC1. The highest BCUT2D eigenvalue weighted by Gasteiger charge is 2.19. The number of rotatable bonds is 2. The molecule has 1 atom stereocenters. The van der Waals surface area contributed by atoms with Gasteiger partial charge >= 0.3 is 5.97 Å². The van der Waals surface area contributed by atoms with Crippen molar-refractivity contribution in [1.29, 1.82) is 0 Å². The van der Waals surface area contributed by atoms with E-state index in [1.807, 2.05) is 0 Å². The Hall–Kier alpha value is -0.790. The fourth-order valence-electron chi connectivity index (χ4n) is 1.43. The minimum absolute atomic E-state index is 0.120. The summed E-state index contributed by atoms with van der Waals surface area (Å²) in [5.41, 5.74) is 1.42. The summed E-state index contributed by atoms with van der Waals surface area (Å²) in [4.78, 5) is 10.5. The fraction of sp³-hybridized carbons (Fsp3) is 0.667. The van der Waals surface area contributed by atoms with Crippen LogP contribution in [0.1, 0.15) is 32.6 Å². The lowest BCUT2D eigenvalue weighted by Crippen LogP contribution is -2.15. The number of allylic oxidation sites excluding steroid dienone is 2. The minimum Gasteiger partial charge on any atom is -0.481 e. The standard InChI is InChI=1S/C9H14O2/c1-2-7-3-5-8(6-4-7)9(10)11/h3,8H,2,4-6H2,1H3,(H,10,11)/t8-/m1/s1. The van der Waals surface area contributed by atoms with Gasteiger partial charge in [0.15, 0.2) is 0 Å². The third-order valence-corrected chi connectivity index (χ3v) is 2.31. The third kappa shape index (κ3) is 2.07. The Morgan fingerprint density at radius 3 is 2.91 bits per heavy atom. The average Bonchev–Trinajstić information content (AvgIpc) is 2.05. The fourth-order valence-corrected chi connectivity index (χ4v) is 1.43. The van der Waals surface area contributed by atoms with Crippen LogP contribution < -0.4 is 0 Å². The van der Waals surface area contributed by atoms with Gasteiger partial charge in [-0.2, -0.15) is 0 Å². The van der Waals surface area contributed by atoms with E-state index in [9.17, 15) is 4.79 Å². The van der Waals surface area contributed by atoms with Gasteiger partial charge < -0.3 is 5.11 Å². The monoisotopic (exact) mass is 154 g/mol. The van der Waals surface area contributed by atoms with Crippen LogP contribution in [0.5, 0.6) is 0 Å². The van der Waals surface area contributed by atoms with Gasteiger partial charge in [0.25, 0.3) is 0 Å². The molecule has 0 spiro atoms. The van der Waals surface area contributed by atoms with Crippen LogP contribution >= 0.6 is 0 Å². The molecule has 0 radical (unpaired) electrons. The molecule has 0 bridgehead atoms. The molecular weight excluding hydrogens is 140 g/mol. The molecule has 0 fully saturated rings. The smallest absolute Gasteiger partial charge is 0.306 e. The molecule has 1 aliphatic carbocycles. The second kappa shape index (κ2) is 3.56. The summed E-state index contributed by atoms with van der Waals surface area (Å²) >= 11 is 0. The van der Waals surface area contributed by atoms with E-state index in [1.165, 1.54) is 5.57 Å². The summed E-state index contributed by atoms with van der Waals surface area (Å²) in [5.74, 6) is -0.762. The number of carboxylic acid groups (broad SMARTS) is 1. The van der Waals surface area contributed by atoms with Gasteiger partial charge in [0.2, 0.25) is 0 Å². The van der Waals surface area contributed by atoms with E-state index in [0.29, 0.717) is 0 Å². The summed E-state index contributed by atoms with van der Waals surface area (Å²) in [6, 6.07) is 0. The minimum atomic E-state index is -0.642. The lowest BCUT2D eigenvalue weighted by atomic mass is 9.89. The van der Waals surface area contributed by atoms with Gasteiger partial charge in [0, 0.05) is 0 Å². The highest BCUT2D eigenvalue weighted by atomic mass is 16.4. The lowest BCUT2D eigenvalue weighted by Gasteiger charge is -2.17. The Bertz CT molecular complexity index is 182. The third-order valence-electron chi connectivity index (χ3n) is 2.31. The zero-order valence-electron chi connectivity index (χ0n) is 6.84. The molecule has 2 nitrogen and oxygen atoms in total. The second-order valence-corrected chi connectivity index (χ2v) is 3.03. The van der Waals surface area contributed by atoms with Crippen LogP contribution in [0.3, 0.4) is 0 Å². The zero-order valence-corrected chi connectivity index (χ0v) is 6.84. The van der Waals surface area contributed by atoms with Gasteiger partial charge in [-0.3, -0.25) is 4.79 Å².